The number of nitriles is 1. The molecule has 3 aromatic heterocycles. The van der Waals surface area contributed by atoms with Gasteiger partial charge >= 0.3 is 0 Å². The van der Waals surface area contributed by atoms with E-state index in [-0.39, 0.29) is 11.4 Å². The lowest BCUT2D eigenvalue weighted by Gasteiger charge is -2.28. The first-order valence-electron chi connectivity index (χ1n) is 13.3. The van der Waals surface area contributed by atoms with Crippen molar-refractivity contribution in [2.75, 3.05) is 28.6 Å². The molecule has 1 aromatic carbocycles. The van der Waals surface area contributed by atoms with Crippen molar-refractivity contribution in [3.8, 4) is 6.07 Å². The van der Waals surface area contributed by atoms with Crippen LogP contribution in [0.3, 0.4) is 0 Å². The fourth-order valence-corrected chi connectivity index (χ4v) is 4.93. The summed E-state index contributed by atoms with van der Waals surface area (Å²) in [4.78, 5) is 33.2. The Balaban J connectivity index is 1.33. The van der Waals surface area contributed by atoms with Gasteiger partial charge in [-0.05, 0) is 67.8 Å². The van der Waals surface area contributed by atoms with Crippen LogP contribution in [0.5, 0.6) is 0 Å². The Bertz CT molecular complexity index is 1850. The monoisotopic (exact) mass is 562 g/mol. The first-order chi connectivity index (χ1) is 20.1. The molecule has 0 bridgehead atoms. The normalized spacial score (nSPS) is 14.0. The number of benzene rings is 1. The predicted octanol–water partition coefficient (Wildman–Crippen LogP) is 4.62. The molecule has 42 heavy (non-hydrogen) atoms. The van der Waals surface area contributed by atoms with Crippen LogP contribution in [0.25, 0.3) is 11.6 Å². The van der Waals surface area contributed by atoms with Gasteiger partial charge < -0.3 is 15.5 Å². The summed E-state index contributed by atoms with van der Waals surface area (Å²) >= 11 is 0. The Morgan fingerprint density at radius 3 is 2.79 bits per heavy atom. The van der Waals surface area contributed by atoms with Crippen molar-refractivity contribution in [3.05, 3.63) is 82.8 Å². The number of carbonyl (C=O) groups is 1. The minimum absolute atomic E-state index is 0.0106. The summed E-state index contributed by atoms with van der Waals surface area (Å²) in [6, 6.07) is 8.46. The van der Waals surface area contributed by atoms with Crippen LogP contribution in [0.2, 0.25) is 0 Å². The second-order valence-corrected chi connectivity index (χ2v) is 10.7. The lowest BCUT2D eigenvalue weighted by Crippen LogP contribution is -2.32. The maximum Gasteiger partial charge on any atom is 0.274 e. The van der Waals surface area contributed by atoms with Gasteiger partial charge in [-0.25, -0.2) is 9.37 Å². The van der Waals surface area contributed by atoms with E-state index in [0.717, 1.165) is 22.6 Å². The highest BCUT2D eigenvalue weighted by Crippen LogP contribution is 2.38. The number of pyridine rings is 1. The number of hydrogen-bond acceptors (Lipinski definition) is 9. The van der Waals surface area contributed by atoms with Crippen molar-refractivity contribution in [3.63, 3.8) is 0 Å². The van der Waals surface area contributed by atoms with Crippen LogP contribution in [-0.2, 0) is 12.5 Å². The molecule has 2 aliphatic heterocycles. The van der Waals surface area contributed by atoms with Gasteiger partial charge in [0.15, 0.2) is 0 Å². The number of amides is 1. The molecule has 0 spiro atoms. The van der Waals surface area contributed by atoms with Crippen LogP contribution in [0, 0.1) is 24.1 Å². The smallest absolute Gasteiger partial charge is 0.274 e. The minimum Gasteiger partial charge on any atom is -0.321 e. The Kier molecular flexibility index (Phi) is 6.49. The van der Waals surface area contributed by atoms with E-state index < -0.39 is 17.1 Å². The molecule has 0 saturated heterocycles. The number of nitrogens with one attached hydrogen (secondary N) is 2. The predicted molar refractivity (Wildman–Crippen MR) is 158 cm³/mol. The SMILES string of the molecule is Cc1cc(F)c(NC(=O)c2cc(C(C)(C)C#N)ccn2)cc1C1=Cc2cnc(Nc3cnn(C)c3)nc2N2CCN=C12. The summed E-state index contributed by atoms with van der Waals surface area (Å²) in [6.07, 6.45) is 8.66. The zero-order valence-corrected chi connectivity index (χ0v) is 23.5. The van der Waals surface area contributed by atoms with Crippen molar-refractivity contribution in [1.29, 1.82) is 5.26 Å². The number of fused-ring (bicyclic) bond motifs is 3. The molecule has 6 rings (SSSR count). The van der Waals surface area contributed by atoms with E-state index in [9.17, 15) is 10.1 Å². The van der Waals surface area contributed by atoms with Gasteiger partial charge in [0.1, 0.15) is 23.2 Å². The van der Waals surface area contributed by atoms with Crippen LogP contribution in [0.4, 0.5) is 27.5 Å². The summed E-state index contributed by atoms with van der Waals surface area (Å²) in [7, 11) is 1.83. The molecule has 12 heteroatoms. The molecule has 5 heterocycles. The summed E-state index contributed by atoms with van der Waals surface area (Å²) in [5.74, 6) is 0.715. The van der Waals surface area contributed by atoms with Gasteiger partial charge in [-0.15, -0.1) is 0 Å². The van der Waals surface area contributed by atoms with Crippen molar-refractivity contribution in [2.45, 2.75) is 26.2 Å². The van der Waals surface area contributed by atoms with Crippen LogP contribution in [0.15, 0.2) is 54.0 Å². The third-order valence-electron chi connectivity index (χ3n) is 7.24. The molecule has 2 N–H and O–H groups in total. The number of aliphatic imine (C=N–C) groups is 1. The molecule has 0 fully saturated rings. The highest BCUT2D eigenvalue weighted by atomic mass is 19.1. The number of aryl methyl sites for hydroxylation is 2. The van der Waals surface area contributed by atoms with Gasteiger partial charge in [0.05, 0.1) is 35.6 Å². The molecule has 4 aromatic rings. The van der Waals surface area contributed by atoms with E-state index in [1.54, 1.807) is 49.1 Å². The highest BCUT2D eigenvalue weighted by molar-refractivity contribution is 6.36. The van der Waals surface area contributed by atoms with Gasteiger partial charge in [-0.2, -0.15) is 15.3 Å². The van der Waals surface area contributed by atoms with Crippen LogP contribution < -0.4 is 15.5 Å². The molecule has 0 aliphatic carbocycles. The molecular formula is C30H27FN10O. The molecule has 0 atom stereocenters. The molecule has 210 valence electrons. The molecule has 0 radical (unpaired) electrons. The zero-order valence-electron chi connectivity index (χ0n) is 23.5. The lowest BCUT2D eigenvalue weighted by molar-refractivity contribution is 0.102. The summed E-state index contributed by atoms with van der Waals surface area (Å²) < 4.78 is 16.8. The highest BCUT2D eigenvalue weighted by Gasteiger charge is 2.32. The van der Waals surface area contributed by atoms with Crippen molar-refractivity contribution in [2.24, 2.45) is 12.0 Å². The summed E-state index contributed by atoms with van der Waals surface area (Å²) in [5.41, 5.74) is 3.66. The Hall–Kier alpha value is -5.44. The maximum atomic E-state index is 15.2. The Morgan fingerprint density at radius 2 is 2.02 bits per heavy atom. The van der Waals surface area contributed by atoms with E-state index in [0.29, 0.717) is 41.6 Å². The first kappa shape index (κ1) is 26.8. The number of anilines is 4. The van der Waals surface area contributed by atoms with Crippen LogP contribution in [0.1, 0.15) is 46.6 Å². The average molecular weight is 563 g/mol. The molecule has 1 amide bonds. The van der Waals surface area contributed by atoms with E-state index in [2.05, 4.69) is 31.8 Å². The van der Waals surface area contributed by atoms with Crippen molar-refractivity contribution < 1.29 is 9.18 Å². The Morgan fingerprint density at radius 1 is 1.19 bits per heavy atom. The van der Waals surface area contributed by atoms with Gasteiger partial charge in [-0.1, -0.05) is 0 Å². The first-order valence-corrected chi connectivity index (χ1v) is 13.3. The second-order valence-electron chi connectivity index (χ2n) is 10.7. The van der Waals surface area contributed by atoms with Gasteiger partial charge in [0.25, 0.3) is 5.91 Å². The number of amidine groups is 1. The fraction of sp³-hybridized carbons (Fsp3) is 0.233. The summed E-state index contributed by atoms with van der Waals surface area (Å²) in [6.45, 7) is 6.53. The standard InChI is InChI=1S/C30H27FN10O/c1-17-9-23(31)24(38-28(42)25-11-19(5-6-33-25)30(2,3)16-32)12-21(17)22-10-18-13-35-29(37-20-14-36-40(4)15-20)39-26(18)41-8-7-34-27(22)41/h5-6,9-15H,7-8H2,1-4H3,(H,38,42)(H,35,37,39). The molecule has 0 saturated carbocycles. The third kappa shape index (κ3) is 4.85. The molecule has 0 unspecified atom stereocenters. The molecular weight excluding hydrogens is 535 g/mol. The summed E-state index contributed by atoms with van der Waals surface area (Å²) in [5, 5.41) is 19.5. The largest absolute Gasteiger partial charge is 0.321 e. The van der Waals surface area contributed by atoms with E-state index in [4.69, 9.17) is 9.98 Å². The zero-order chi connectivity index (χ0) is 29.6. The fourth-order valence-electron chi connectivity index (χ4n) is 4.93. The topological polar surface area (TPSA) is 137 Å². The number of halogens is 1. The van der Waals surface area contributed by atoms with Crippen molar-refractivity contribution in [1.82, 2.24) is 24.7 Å². The quantitative estimate of drug-likeness (QED) is 0.347. The van der Waals surface area contributed by atoms with Crippen LogP contribution in [-0.4, -0.2) is 49.6 Å². The van der Waals surface area contributed by atoms with E-state index in [1.165, 1.54) is 12.3 Å². The van der Waals surface area contributed by atoms with Gasteiger partial charge in [-0.3, -0.25) is 19.5 Å². The van der Waals surface area contributed by atoms with Crippen molar-refractivity contribution >= 4 is 46.5 Å². The van der Waals surface area contributed by atoms with E-state index in [1.807, 2.05) is 31.1 Å². The number of aromatic nitrogens is 5. The third-order valence-corrected chi connectivity index (χ3v) is 7.24. The lowest BCUT2D eigenvalue weighted by atomic mass is 9.86. The van der Waals surface area contributed by atoms with E-state index >= 15 is 4.39 Å². The van der Waals surface area contributed by atoms with Gasteiger partial charge in [0.2, 0.25) is 5.95 Å². The van der Waals surface area contributed by atoms with Gasteiger partial charge in [0, 0.05) is 43.3 Å². The molecule has 2 aliphatic rings. The van der Waals surface area contributed by atoms with Crippen LogP contribution >= 0.6 is 0 Å². The Labute approximate surface area is 241 Å². The number of rotatable bonds is 6. The number of nitrogens with zero attached hydrogens (tertiary/aromatic N) is 8. The molecule has 11 nitrogen and oxygen atoms in total. The number of hydrogen-bond donors (Lipinski definition) is 2. The maximum absolute atomic E-state index is 15.2. The number of carbonyl (C=O) groups excluding carboxylic acids is 1. The average Bonchev–Trinajstić information content (AvgIpc) is 3.63. The second kappa shape index (κ2) is 10.2. The minimum atomic E-state index is -0.808.